The molecule has 72 valence electrons. The van der Waals surface area contributed by atoms with Crippen molar-refractivity contribution in [3.8, 4) is 0 Å². The molecule has 12 heavy (non-hydrogen) atoms. The number of hydrogen-bond donors (Lipinski definition) is 1. The maximum atomic E-state index is 9.55. The summed E-state index contributed by atoms with van der Waals surface area (Å²) in [4.78, 5) is 0. The van der Waals surface area contributed by atoms with Crippen molar-refractivity contribution in [3.63, 3.8) is 0 Å². The van der Waals surface area contributed by atoms with Gasteiger partial charge in [0.25, 0.3) is 0 Å². The van der Waals surface area contributed by atoms with Crippen molar-refractivity contribution in [2.24, 2.45) is 5.92 Å². The van der Waals surface area contributed by atoms with Crippen LogP contribution in [0, 0.1) is 5.92 Å². The van der Waals surface area contributed by atoms with Gasteiger partial charge in [0.1, 0.15) is 0 Å². The molecule has 0 bridgehead atoms. The molecule has 2 atom stereocenters. The van der Waals surface area contributed by atoms with Crippen LogP contribution in [-0.2, 0) is 0 Å². The molecule has 0 aromatic carbocycles. The summed E-state index contributed by atoms with van der Waals surface area (Å²) in [6.45, 7) is 7.87. The van der Waals surface area contributed by atoms with E-state index in [-0.39, 0.29) is 12.0 Å². The van der Waals surface area contributed by atoms with Gasteiger partial charge in [0.15, 0.2) is 0 Å². The average molecular weight is 170 g/mol. The van der Waals surface area contributed by atoms with Gasteiger partial charge in [0.05, 0.1) is 6.10 Å². The van der Waals surface area contributed by atoms with Crippen molar-refractivity contribution in [3.05, 3.63) is 12.7 Å². The van der Waals surface area contributed by atoms with Gasteiger partial charge < -0.3 is 5.11 Å². The molecule has 0 aliphatic heterocycles. The molecule has 0 heterocycles. The number of rotatable bonds is 7. The first-order chi connectivity index (χ1) is 5.72. The van der Waals surface area contributed by atoms with Gasteiger partial charge in [-0.15, -0.1) is 6.58 Å². The van der Waals surface area contributed by atoms with Crippen LogP contribution in [0.3, 0.4) is 0 Å². The van der Waals surface area contributed by atoms with Crippen molar-refractivity contribution in [2.75, 3.05) is 0 Å². The van der Waals surface area contributed by atoms with Crippen molar-refractivity contribution < 1.29 is 5.11 Å². The van der Waals surface area contributed by atoms with Gasteiger partial charge in [-0.25, -0.2) is 0 Å². The Kier molecular flexibility index (Phi) is 7.17. The molecule has 0 aliphatic rings. The highest BCUT2D eigenvalue weighted by Crippen LogP contribution is 2.12. The Balaban J connectivity index is 3.30. The van der Waals surface area contributed by atoms with Gasteiger partial charge >= 0.3 is 0 Å². The SMILES string of the molecule is C=C[C@@H](C)[C@@H](O)CCCCCC. The van der Waals surface area contributed by atoms with Gasteiger partial charge in [0.2, 0.25) is 0 Å². The van der Waals surface area contributed by atoms with E-state index < -0.39 is 0 Å². The third kappa shape index (κ3) is 5.36. The maximum absolute atomic E-state index is 9.55. The van der Waals surface area contributed by atoms with E-state index in [1.54, 1.807) is 0 Å². The summed E-state index contributed by atoms with van der Waals surface area (Å²) in [5, 5.41) is 9.55. The van der Waals surface area contributed by atoms with E-state index in [9.17, 15) is 5.11 Å². The zero-order valence-corrected chi connectivity index (χ0v) is 8.42. The normalized spacial score (nSPS) is 15.6. The fourth-order valence-corrected chi connectivity index (χ4v) is 1.20. The highest BCUT2D eigenvalue weighted by atomic mass is 16.3. The second kappa shape index (κ2) is 7.35. The van der Waals surface area contributed by atoms with E-state index in [4.69, 9.17) is 0 Å². The van der Waals surface area contributed by atoms with Crippen molar-refractivity contribution in [2.45, 2.75) is 52.1 Å². The van der Waals surface area contributed by atoms with Crippen molar-refractivity contribution >= 4 is 0 Å². The fraction of sp³-hybridized carbons (Fsp3) is 0.818. The molecule has 0 unspecified atom stereocenters. The van der Waals surface area contributed by atoms with E-state index in [1.165, 1.54) is 19.3 Å². The first-order valence-electron chi connectivity index (χ1n) is 5.03. The van der Waals surface area contributed by atoms with E-state index in [0.717, 1.165) is 12.8 Å². The number of hydrogen-bond acceptors (Lipinski definition) is 1. The van der Waals surface area contributed by atoms with E-state index >= 15 is 0 Å². The Morgan fingerprint density at radius 3 is 2.50 bits per heavy atom. The molecule has 1 N–H and O–H groups in total. The molecular weight excluding hydrogens is 148 g/mol. The van der Waals surface area contributed by atoms with Crippen LogP contribution in [0.2, 0.25) is 0 Å². The van der Waals surface area contributed by atoms with E-state index in [0.29, 0.717) is 0 Å². The van der Waals surface area contributed by atoms with Gasteiger partial charge in [-0.3, -0.25) is 0 Å². The van der Waals surface area contributed by atoms with Crippen LogP contribution in [0.4, 0.5) is 0 Å². The Morgan fingerprint density at radius 2 is 2.00 bits per heavy atom. The predicted molar refractivity (Wildman–Crippen MR) is 54.1 cm³/mol. The van der Waals surface area contributed by atoms with Crippen molar-refractivity contribution in [1.82, 2.24) is 0 Å². The summed E-state index contributed by atoms with van der Waals surface area (Å²) < 4.78 is 0. The minimum Gasteiger partial charge on any atom is -0.393 e. The molecule has 0 radical (unpaired) electrons. The summed E-state index contributed by atoms with van der Waals surface area (Å²) in [7, 11) is 0. The molecule has 0 aromatic rings. The Hall–Kier alpha value is -0.300. The molecule has 1 heteroatoms. The average Bonchev–Trinajstić information content (AvgIpc) is 2.10. The van der Waals surface area contributed by atoms with E-state index in [2.05, 4.69) is 13.5 Å². The molecule has 0 aromatic heterocycles. The lowest BCUT2D eigenvalue weighted by Crippen LogP contribution is -2.14. The van der Waals surface area contributed by atoms with Gasteiger partial charge in [0, 0.05) is 0 Å². The first-order valence-corrected chi connectivity index (χ1v) is 5.03. The number of aliphatic hydroxyl groups excluding tert-OH is 1. The summed E-state index contributed by atoms with van der Waals surface area (Å²) in [5.41, 5.74) is 0. The van der Waals surface area contributed by atoms with Crippen LogP contribution in [0.1, 0.15) is 46.0 Å². The third-order valence-electron chi connectivity index (χ3n) is 2.33. The van der Waals surface area contributed by atoms with Crippen LogP contribution in [0.15, 0.2) is 12.7 Å². The zero-order chi connectivity index (χ0) is 9.40. The lowest BCUT2D eigenvalue weighted by Gasteiger charge is -2.14. The molecule has 0 saturated carbocycles. The standard InChI is InChI=1S/C11H22O/c1-4-6-7-8-9-11(12)10(3)5-2/h5,10-12H,2,4,6-9H2,1,3H3/t10-,11+/m1/s1. The Labute approximate surface area is 76.5 Å². The molecule has 0 rings (SSSR count). The van der Waals surface area contributed by atoms with Crippen LogP contribution < -0.4 is 0 Å². The van der Waals surface area contributed by atoms with Gasteiger partial charge in [-0.05, 0) is 12.3 Å². The van der Waals surface area contributed by atoms with Crippen molar-refractivity contribution in [1.29, 1.82) is 0 Å². The first kappa shape index (κ1) is 11.7. The molecule has 0 fully saturated rings. The highest BCUT2D eigenvalue weighted by molar-refractivity contribution is 4.80. The number of unbranched alkanes of at least 4 members (excludes halogenated alkanes) is 3. The lowest BCUT2D eigenvalue weighted by molar-refractivity contribution is 0.125. The van der Waals surface area contributed by atoms with E-state index in [1.807, 2.05) is 13.0 Å². The number of aliphatic hydroxyl groups is 1. The molecule has 0 amide bonds. The zero-order valence-electron chi connectivity index (χ0n) is 8.42. The predicted octanol–water partition coefficient (Wildman–Crippen LogP) is 3.14. The second-order valence-electron chi connectivity index (χ2n) is 3.51. The quantitative estimate of drug-likeness (QED) is 0.459. The van der Waals surface area contributed by atoms with Crippen LogP contribution in [0.25, 0.3) is 0 Å². The molecule has 0 spiro atoms. The molecule has 0 saturated heterocycles. The lowest BCUT2D eigenvalue weighted by atomic mass is 9.99. The molecule has 0 aliphatic carbocycles. The van der Waals surface area contributed by atoms with Crippen LogP contribution >= 0.6 is 0 Å². The second-order valence-corrected chi connectivity index (χ2v) is 3.51. The molecular formula is C11H22O. The summed E-state index contributed by atoms with van der Waals surface area (Å²) >= 11 is 0. The monoisotopic (exact) mass is 170 g/mol. The summed E-state index contributed by atoms with van der Waals surface area (Å²) in [6, 6.07) is 0. The third-order valence-corrected chi connectivity index (χ3v) is 2.33. The fourth-order valence-electron chi connectivity index (χ4n) is 1.20. The maximum Gasteiger partial charge on any atom is 0.0600 e. The summed E-state index contributed by atoms with van der Waals surface area (Å²) in [6.07, 6.45) is 7.50. The van der Waals surface area contributed by atoms with Gasteiger partial charge in [-0.2, -0.15) is 0 Å². The minimum atomic E-state index is -0.181. The van der Waals surface area contributed by atoms with Crippen LogP contribution in [0.5, 0.6) is 0 Å². The highest BCUT2D eigenvalue weighted by Gasteiger charge is 2.09. The molecule has 1 nitrogen and oxygen atoms in total. The Morgan fingerprint density at radius 1 is 1.33 bits per heavy atom. The topological polar surface area (TPSA) is 20.2 Å². The minimum absolute atomic E-state index is 0.181. The smallest absolute Gasteiger partial charge is 0.0600 e. The van der Waals surface area contributed by atoms with Gasteiger partial charge in [-0.1, -0.05) is 45.6 Å². The largest absolute Gasteiger partial charge is 0.393 e. The van der Waals surface area contributed by atoms with Crippen LogP contribution in [-0.4, -0.2) is 11.2 Å². The Bertz CT molecular complexity index is 110. The summed E-state index contributed by atoms with van der Waals surface area (Å²) in [5.74, 6) is 0.242.